The highest BCUT2D eigenvalue weighted by molar-refractivity contribution is 7.98. The molecule has 0 spiro atoms. The lowest BCUT2D eigenvalue weighted by Crippen LogP contribution is -2.42. The monoisotopic (exact) mass is 457 g/mol. The van der Waals surface area contributed by atoms with Gasteiger partial charge in [0, 0.05) is 36.9 Å². The van der Waals surface area contributed by atoms with Crippen LogP contribution in [0.15, 0.2) is 53.7 Å². The van der Waals surface area contributed by atoms with E-state index in [2.05, 4.69) is 20.3 Å². The number of thioether (sulfide) groups is 1. The molecule has 3 heterocycles. The predicted molar refractivity (Wildman–Crippen MR) is 117 cm³/mol. The molecule has 1 aromatic carbocycles. The van der Waals surface area contributed by atoms with Crippen molar-refractivity contribution in [1.82, 2.24) is 19.9 Å². The van der Waals surface area contributed by atoms with Crippen LogP contribution in [0, 0.1) is 11.8 Å². The Hall–Kier alpha value is -3.27. The van der Waals surface area contributed by atoms with Crippen molar-refractivity contribution in [2.75, 3.05) is 24.7 Å². The van der Waals surface area contributed by atoms with Crippen LogP contribution in [0.4, 0.5) is 20.3 Å². The van der Waals surface area contributed by atoms with Crippen molar-refractivity contribution in [1.29, 1.82) is 0 Å². The summed E-state index contributed by atoms with van der Waals surface area (Å²) in [6, 6.07) is 10.7. The molecule has 3 aromatic rings. The topological polar surface area (TPSA) is 80.2 Å². The molecule has 0 aliphatic carbocycles. The van der Waals surface area contributed by atoms with Gasteiger partial charge in [-0.2, -0.15) is 4.39 Å². The molecular weight excluding hydrogens is 436 g/mol. The van der Waals surface area contributed by atoms with Crippen LogP contribution >= 0.6 is 11.8 Å². The molecule has 2 aromatic heterocycles. The second-order valence-corrected chi connectivity index (χ2v) is 8.05. The minimum Gasteiger partial charge on any atom is -0.474 e. The molecular formula is C22H21F2N5O2S. The van der Waals surface area contributed by atoms with Crippen LogP contribution < -0.4 is 10.1 Å². The van der Waals surface area contributed by atoms with Gasteiger partial charge in [0.15, 0.2) is 0 Å². The number of halogens is 2. The van der Waals surface area contributed by atoms with Crippen LogP contribution in [0.25, 0.3) is 0 Å². The van der Waals surface area contributed by atoms with Crippen molar-refractivity contribution >= 4 is 29.2 Å². The molecule has 0 radical (unpaired) electrons. The van der Waals surface area contributed by atoms with Gasteiger partial charge in [0.1, 0.15) is 29.8 Å². The molecule has 32 heavy (non-hydrogen) atoms. The summed E-state index contributed by atoms with van der Waals surface area (Å²) in [5.41, 5.74) is 0.402. The molecule has 0 bridgehead atoms. The smallest absolute Gasteiger partial charge is 0.272 e. The van der Waals surface area contributed by atoms with E-state index >= 15 is 0 Å². The number of piperidine rings is 1. The van der Waals surface area contributed by atoms with Gasteiger partial charge in [0.25, 0.3) is 5.91 Å². The molecule has 1 amide bonds. The lowest BCUT2D eigenvalue weighted by atomic mass is 10.1. The van der Waals surface area contributed by atoms with Gasteiger partial charge in [-0.1, -0.05) is 6.07 Å². The number of carbonyl (C=O) groups is 1. The summed E-state index contributed by atoms with van der Waals surface area (Å²) < 4.78 is 33.5. The Morgan fingerprint density at radius 1 is 1.16 bits per heavy atom. The first-order valence-corrected chi connectivity index (χ1v) is 11.3. The number of pyridine rings is 1. The largest absolute Gasteiger partial charge is 0.474 e. The van der Waals surface area contributed by atoms with Gasteiger partial charge in [-0.25, -0.2) is 19.3 Å². The molecule has 0 saturated carbocycles. The Bertz CT molecular complexity index is 1110. The highest BCUT2D eigenvalue weighted by atomic mass is 32.2. The van der Waals surface area contributed by atoms with Crippen LogP contribution in [0.1, 0.15) is 23.3 Å². The van der Waals surface area contributed by atoms with Crippen LogP contribution in [0.5, 0.6) is 5.88 Å². The summed E-state index contributed by atoms with van der Waals surface area (Å²) in [5.74, 6) is -0.577. The van der Waals surface area contributed by atoms with E-state index in [4.69, 9.17) is 4.74 Å². The van der Waals surface area contributed by atoms with E-state index in [9.17, 15) is 13.6 Å². The molecule has 10 heteroatoms. The van der Waals surface area contributed by atoms with Crippen molar-refractivity contribution in [2.45, 2.75) is 23.8 Å². The normalized spacial score (nSPS) is 14.3. The van der Waals surface area contributed by atoms with E-state index in [1.54, 1.807) is 17.0 Å². The van der Waals surface area contributed by atoms with E-state index in [-0.39, 0.29) is 23.5 Å². The third-order valence-corrected chi connectivity index (χ3v) is 5.76. The number of likely N-dealkylation sites (tertiary alicyclic amines) is 1. The van der Waals surface area contributed by atoms with Gasteiger partial charge in [-0.3, -0.25) is 4.79 Å². The fourth-order valence-corrected chi connectivity index (χ4v) is 3.80. The Balaban J connectivity index is 1.34. The number of hydrogen-bond acceptors (Lipinski definition) is 7. The summed E-state index contributed by atoms with van der Waals surface area (Å²) in [6.07, 6.45) is 4.28. The lowest BCUT2D eigenvalue weighted by Gasteiger charge is -2.31. The zero-order valence-corrected chi connectivity index (χ0v) is 18.1. The fourth-order valence-electron chi connectivity index (χ4n) is 3.37. The Labute approximate surface area is 188 Å². The average Bonchev–Trinajstić information content (AvgIpc) is 2.81. The number of ether oxygens (including phenoxy) is 1. The fraction of sp³-hybridized carbons (Fsp3) is 0.273. The molecule has 4 rings (SSSR count). The number of aromatic nitrogens is 3. The molecule has 1 aliphatic heterocycles. The van der Waals surface area contributed by atoms with Gasteiger partial charge in [0.05, 0.1) is 5.69 Å². The van der Waals surface area contributed by atoms with E-state index in [1.807, 2.05) is 12.3 Å². The highest BCUT2D eigenvalue weighted by Gasteiger charge is 2.26. The lowest BCUT2D eigenvalue weighted by molar-refractivity contribution is 0.0581. The number of hydrogen-bond donors (Lipinski definition) is 1. The van der Waals surface area contributed by atoms with Crippen molar-refractivity contribution < 1.29 is 18.3 Å². The van der Waals surface area contributed by atoms with Crippen LogP contribution in [-0.2, 0) is 0 Å². The van der Waals surface area contributed by atoms with Crippen molar-refractivity contribution in [2.24, 2.45) is 0 Å². The van der Waals surface area contributed by atoms with E-state index < -0.39 is 5.95 Å². The number of amides is 1. The number of benzene rings is 1. The highest BCUT2D eigenvalue weighted by Crippen LogP contribution is 2.25. The number of nitrogens with zero attached hydrogens (tertiary/aromatic N) is 4. The van der Waals surface area contributed by atoms with Crippen molar-refractivity contribution in [3.8, 4) is 5.88 Å². The average molecular weight is 458 g/mol. The minimum absolute atomic E-state index is 0.0914. The first-order chi connectivity index (χ1) is 15.5. The van der Waals surface area contributed by atoms with Gasteiger partial charge >= 0.3 is 0 Å². The Kier molecular flexibility index (Phi) is 6.79. The van der Waals surface area contributed by atoms with E-state index in [0.29, 0.717) is 43.3 Å². The number of carbonyl (C=O) groups excluding carboxylic acids is 1. The number of anilines is 2. The first-order valence-electron chi connectivity index (χ1n) is 10.0. The standard InChI is InChI=1S/C22H21F2N5O2S/c1-32-15-5-6-17(16(23)11-15)28-20-12-21(26-13-25-20)31-14-7-9-29(10-8-14)22(30)18-3-2-4-19(24)27-18/h2-6,11-14H,7-10H2,1H3,(H,25,26,28). The Morgan fingerprint density at radius 2 is 1.97 bits per heavy atom. The summed E-state index contributed by atoms with van der Waals surface area (Å²) >= 11 is 1.46. The summed E-state index contributed by atoms with van der Waals surface area (Å²) in [5, 5.41) is 2.94. The second kappa shape index (κ2) is 9.90. The molecule has 166 valence electrons. The quantitative estimate of drug-likeness (QED) is 0.437. The van der Waals surface area contributed by atoms with Gasteiger partial charge in [-0.15, -0.1) is 11.8 Å². The predicted octanol–water partition coefficient (Wildman–Crippen LogP) is 4.30. The van der Waals surface area contributed by atoms with Gasteiger partial charge < -0.3 is 15.0 Å². The van der Waals surface area contributed by atoms with Crippen LogP contribution in [-0.4, -0.2) is 51.2 Å². The molecule has 7 nitrogen and oxygen atoms in total. The molecule has 1 aliphatic rings. The molecule has 1 N–H and O–H groups in total. The maximum Gasteiger partial charge on any atom is 0.272 e. The second-order valence-electron chi connectivity index (χ2n) is 7.17. The van der Waals surface area contributed by atoms with Crippen LogP contribution in [0.3, 0.4) is 0 Å². The SMILES string of the molecule is CSc1ccc(Nc2cc(OC3CCN(C(=O)c4cccc(F)n4)CC3)ncn2)c(F)c1. The van der Waals surface area contributed by atoms with Crippen molar-refractivity contribution in [3.05, 3.63) is 66.3 Å². The maximum absolute atomic E-state index is 14.2. The summed E-state index contributed by atoms with van der Waals surface area (Å²) in [7, 11) is 0. The molecule has 0 atom stereocenters. The zero-order chi connectivity index (χ0) is 22.5. The van der Waals surface area contributed by atoms with Gasteiger partial charge in [0.2, 0.25) is 11.8 Å². The molecule has 1 saturated heterocycles. The minimum atomic E-state index is -0.678. The summed E-state index contributed by atoms with van der Waals surface area (Å²) in [6.45, 7) is 0.926. The van der Waals surface area contributed by atoms with E-state index in [1.165, 1.54) is 42.4 Å². The third kappa shape index (κ3) is 5.31. The summed E-state index contributed by atoms with van der Waals surface area (Å²) in [4.78, 5) is 26.9. The van der Waals surface area contributed by atoms with E-state index in [0.717, 1.165) is 4.90 Å². The molecule has 1 fully saturated rings. The van der Waals surface area contributed by atoms with Crippen molar-refractivity contribution in [3.63, 3.8) is 0 Å². The molecule has 0 unspecified atom stereocenters. The first kappa shape index (κ1) is 21.9. The van der Waals surface area contributed by atoms with Crippen LogP contribution in [0.2, 0.25) is 0 Å². The zero-order valence-electron chi connectivity index (χ0n) is 17.3. The third-order valence-electron chi connectivity index (χ3n) is 5.03. The maximum atomic E-state index is 14.2. The number of rotatable bonds is 6. The van der Waals surface area contributed by atoms with Gasteiger partial charge in [-0.05, 0) is 36.6 Å². The number of nitrogens with one attached hydrogen (secondary N) is 1. The Morgan fingerprint density at radius 3 is 2.69 bits per heavy atom.